The number of hydrogen-bond donors (Lipinski definition) is 1. The van der Waals surface area contributed by atoms with Gasteiger partial charge in [-0.15, -0.1) is 0 Å². The van der Waals surface area contributed by atoms with Crippen LogP contribution in [0.3, 0.4) is 0 Å². The number of nitrogens with one attached hydrogen (secondary N) is 1. The molecule has 0 bridgehead atoms. The minimum Gasteiger partial charge on any atom is -0.466 e. The van der Waals surface area contributed by atoms with E-state index in [2.05, 4.69) is 5.32 Å². The summed E-state index contributed by atoms with van der Waals surface area (Å²) in [6.45, 7) is 2.96. The molecule has 0 radical (unpaired) electrons. The molecule has 1 aromatic carbocycles. The lowest BCUT2D eigenvalue weighted by molar-refractivity contribution is -0.431. The van der Waals surface area contributed by atoms with E-state index in [1.54, 1.807) is 0 Å². The lowest BCUT2D eigenvalue weighted by Gasteiger charge is -2.27. The molecule has 1 N–H and O–H groups in total. The van der Waals surface area contributed by atoms with Crippen LogP contribution >= 0.6 is 0 Å². The number of hydrogen-bond acceptors (Lipinski definition) is 5. The number of benzene rings is 1. The summed E-state index contributed by atoms with van der Waals surface area (Å²) in [5, 5.41) is 14.4. The van der Waals surface area contributed by atoms with Crippen molar-refractivity contribution < 1.29 is 27.6 Å². The van der Waals surface area contributed by atoms with Crippen molar-refractivity contribution in [1.29, 1.82) is 0 Å². The van der Waals surface area contributed by atoms with Gasteiger partial charge < -0.3 is 10.1 Å². The van der Waals surface area contributed by atoms with Crippen LogP contribution in [0, 0.1) is 10.1 Å². The first-order valence-electron chi connectivity index (χ1n) is 7.62. The lowest BCUT2D eigenvalue weighted by atomic mass is 9.81. The molecular weight excluding hydrogens is 353 g/mol. The van der Waals surface area contributed by atoms with E-state index >= 15 is 0 Å². The fraction of sp³-hybridized carbons (Fsp3) is 0.353. The molecule has 0 spiro atoms. The summed E-state index contributed by atoms with van der Waals surface area (Å²) >= 11 is 0. The van der Waals surface area contributed by atoms with Gasteiger partial charge in [0.1, 0.15) is 5.92 Å². The van der Waals surface area contributed by atoms with E-state index in [4.69, 9.17) is 4.74 Å². The van der Waals surface area contributed by atoms with E-state index in [9.17, 15) is 28.1 Å². The van der Waals surface area contributed by atoms with E-state index in [-0.39, 0.29) is 28.1 Å². The Kier molecular flexibility index (Phi) is 5.38. The molecule has 1 aliphatic rings. The zero-order valence-electron chi connectivity index (χ0n) is 14.3. The number of carbonyl (C=O) groups is 1. The second-order valence-corrected chi connectivity index (χ2v) is 5.85. The van der Waals surface area contributed by atoms with Gasteiger partial charge in [-0.05, 0) is 25.0 Å². The fourth-order valence-electron chi connectivity index (χ4n) is 3.10. The molecule has 0 amide bonds. The van der Waals surface area contributed by atoms with Crippen molar-refractivity contribution in [1.82, 2.24) is 5.32 Å². The third kappa shape index (κ3) is 3.87. The number of alkyl halides is 3. The van der Waals surface area contributed by atoms with Gasteiger partial charge in [-0.25, -0.2) is 4.79 Å². The third-order valence-electron chi connectivity index (χ3n) is 4.08. The topological polar surface area (TPSA) is 81.5 Å². The average molecular weight is 370 g/mol. The molecule has 9 heteroatoms. The van der Waals surface area contributed by atoms with Gasteiger partial charge >= 0.3 is 12.1 Å². The van der Waals surface area contributed by atoms with E-state index in [0.717, 1.165) is 7.11 Å². The first kappa shape index (κ1) is 19.5. The molecule has 0 saturated carbocycles. The number of allylic oxidation sites excluding steroid dienone is 3. The Morgan fingerprint density at radius 3 is 2.42 bits per heavy atom. The molecule has 0 fully saturated rings. The molecule has 1 atom stereocenters. The number of methoxy groups -OCH3 is 1. The molecule has 6 nitrogen and oxygen atoms in total. The number of ether oxygens (including phenoxy) is 1. The second-order valence-electron chi connectivity index (χ2n) is 5.85. The predicted molar refractivity (Wildman–Crippen MR) is 86.5 cm³/mol. The highest BCUT2D eigenvalue weighted by Crippen LogP contribution is 2.41. The van der Waals surface area contributed by atoms with Crippen molar-refractivity contribution in [2.75, 3.05) is 7.11 Å². The van der Waals surface area contributed by atoms with Crippen molar-refractivity contribution in [3.05, 3.63) is 68.2 Å². The Balaban J connectivity index is 2.74. The quantitative estimate of drug-likeness (QED) is 0.499. The standard InChI is InChI=1S/C17H17F3N2O4/c1-9-13(16(23)26-3)14(15(22(24)25)10(2)21-9)12-7-5-4-6-11(12)8-17(18,19)20/h4-7,14,21H,8H2,1-3H3. The van der Waals surface area contributed by atoms with Gasteiger partial charge in [0.25, 0.3) is 5.70 Å². The van der Waals surface area contributed by atoms with Crippen LogP contribution in [0.4, 0.5) is 13.2 Å². The number of dihydropyridines is 1. The zero-order valence-corrected chi connectivity index (χ0v) is 14.3. The highest BCUT2D eigenvalue weighted by Gasteiger charge is 2.42. The van der Waals surface area contributed by atoms with E-state index in [1.165, 1.54) is 38.1 Å². The Morgan fingerprint density at radius 2 is 1.88 bits per heavy atom. The SMILES string of the molecule is COC(=O)C1=C(C)NC(C)=C([N+](=O)[O-])C1c1ccccc1CC(F)(F)F. The first-order chi connectivity index (χ1) is 12.1. The van der Waals surface area contributed by atoms with E-state index < -0.39 is 29.4 Å². The normalized spacial score (nSPS) is 17.8. The molecule has 1 heterocycles. The van der Waals surface area contributed by atoms with Gasteiger partial charge in [0.2, 0.25) is 0 Å². The highest BCUT2D eigenvalue weighted by molar-refractivity contribution is 5.92. The van der Waals surface area contributed by atoms with Crippen LogP contribution in [0.1, 0.15) is 30.9 Å². The van der Waals surface area contributed by atoms with Crippen molar-refractivity contribution in [3.8, 4) is 0 Å². The van der Waals surface area contributed by atoms with Gasteiger partial charge in [0, 0.05) is 5.70 Å². The molecule has 0 saturated heterocycles. The Labute approximate surface area is 147 Å². The number of nitrogens with zero attached hydrogens (tertiary/aromatic N) is 1. The summed E-state index contributed by atoms with van der Waals surface area (Å²) in [5.41, 5.74) is -0.0887. The molecule has 0 aliphatic carbocycles. The molecule has 140 valence electrons. The molecule has 1 aromatic rings. The summed E-state index contributed by atoms with van der Waals surface area (Å²) < 4.78 is 43.6. The van der Waals surface area contributed by atoms with Crippen LogP contribution in [-0.4, -0.2) is 24.2 Å². The van der Waals surface area contributed by atoms with Crippen LogP contribution in [0.2, 0.25) is 0 Å². The van der Waals surface area contributed by atoms with Crippen LogP contribution < -0.4 is 5.32 Å². The maximum atomic E-state index is 13.0. The highest BCUT2D eigenvalue weighted by atomic mass is 19.4. The Hall–Kier alpha value is -2.84. The van der Waals surface area contributed by atoms with Crippen LogP contribution in [0.5, 0.6) is 0 Å². The first-order valence-corrected chi connectivity index (χ1v) is 7.62. The predicted octanol–water partition coefficient (Wildman–Crippen LogP) is 3.43. The van der Waals surface area contributed by atoms with E-state index in [1.807, 2.05) is 0 Å². The van der Waals surface area contributed by atoms with Gasteiger partial charge in [0.15, 0.2) is 0 Å². The maximum Gasteiger partial charge on any atom is 0.393 e. The van der Waals surface area contributed by atoms with Crippen LogP contribution in [-0.2, 0) is 16.0 Å². The van der Waals surface area contributed by atoms with Crippen LogP contribution in [0.15, 0.2) is 46.9 Å². The third-order valence-corrected chi connectivity index (χ3v) is 4.08. The monoisotopic (exact) mass is 370 g/mol. The lowest BCUT2D eigenvalue weighted by Crippen LogP contribution is -2.32. The van der Waals surface area contributed by atoms with E-state index in [0.29, 0.717) is 5.70 Å². The van der Waals surface area contributed by atoms with Crippen molar-refractivity contribution >= 4 is 5.97 Å². The van der Waals surface area contributed by atoms with Gasteiger partial charge in [0.05, 0.1) is 29.7 Å². The van der Waals surface area contributed by atoms with Crippen molar-refractivity contribution in [2.24, 2.45) is 0 Å². The molecule has 26 heavy (non-hydrogen) atoms. The number of halogens is 3. The minimum atomic E-state index is -4.50. The number of nitro groups is 1. The van der Waals surface area contributed by atoms with Crippen molar-refractivity contribution in [3.63, 3.8) is 0 Å². The Bertz CT molecular complexity index is 812. The van der Waals surface area contributed by atoms with Crippen LogP contribution in [0.25, 0.3) is 0 Å². The molecule has 1 unspecified atom stereocenters. The van der Waals surface area contributed by atoms with Crippen molar-refractivity contribution in [2.45, 2.75) is 32.4 Å². The molecule has 2 rings (SSSR count). The molecule has 0 aromatic heterocycles. The smallest absolute Gasteiger partial charge is 0.393 e. The molecular formula is C17H17F3N2O4. The summed E-state index contributed by atoms with van der Waals surface area (Å²) in [7, 11) is 1.11. The second kappa shape index (κ2) is 7.19. The summed E-state index contributed by atoms with van der Waals surface area (Å²) in [4.78, 5) is 23.2. The largest absolute Gasteiger partial charge is 0.466 e. The summed E-state index contributed by atoms with van der Waals surface area (Å²) in [6.07, 6.45) is -5.76. The zero-order chi connectivity index (χ0) is 19.6. The average Bonchev–Trinajstić information content (AvgIpc) is 2.52. The summed E-state index contributed by atoms with van der Waals surface area (Å²) in [5.74, 6) is -2.11. The van der Waals surface area contributed by atoms with Gasteiger partial charge in [-0.2, -0.15) is 13.2 Å². The molecule has 1 aliphatic heterocycles. The number of rotatable bonds is 4. The van der Waals surface area contributed by atoms with Gasteiger partial charge in [-0.3, -0.25) is 10.1 Å². The maximum absolute atomic E-state index is 13.0. The Morgan fingerprint density at radius 1 is 1.27 bits per heavy atom. The number of carbonyl (C=O) groups excluding carboxylic acids is 1. The van der Waals surface area contributed by atoms with Gasteiger partial charge in [-0.1, -0.05) is 24.3 Å². The fourth-order valence-corrected chi connectivity index (χ4v) is 3.10. The minimum absolute atomic E-state index is 0.0529. The summed E-state index contributed by atoms with van der Waals surface area (Å²) in [6, 6.07) is 5.52. The number of esters is 1.